The average Bonchev–Trinajstić information content (AvgIpc) is 2.89. The second-order valence-electron chi connectivity index (χ2n) is 4.69. The maximum Gasteiger partial charge on any atom is 0.338 e. The molecule has 1 aromatic rings. The van der Waals surface area contributed by atoms with Crippen LogP contribution in [0.3, 0.4) is 0 Å². The molecular formula is C13H16N2O6. The van der Waals surface area contributed by atoms with Crippen LogP contribution in [-0.4, -0.2) is 55.5 Å². The number of rotatable bonds is 5. The van der Waals surface area contributed by atoms with Gasteiger partial charge in [0.05, 0.1) is 10.5 Å². The Morgan fingerprint density at radius 1 is 1.33 bits per heavy atom. The lowest BCUT2D eigenvalue weighted by Crippen LogP contribution is -2.27. The number of anilines is 1. The van der Waals surface area contributed by atoms with Crippen molar-refractivity contribution in [2.24, 2.45) is 0 Å². The number of methoxy groups -OCH3 is 2. The van der Waals surface area contributed by atoms with E-state index in [1.54, 1.807) is 4.90 Å². The molecule has 1 saturated heterocycles. The SMILES string of the molecule is COC1CN(c2c(C(=O)O)cccc2[N+](=O)[O-])CC1OC. The van der Waals surface area contributed by atoms with Crippen LogP contribution in [0, 0.1) is 10.1 Å². The van der Waals surface area contributed by atoms with E-state index >= 15 is 0 Å². The minimum atomic E-state index is -1.21. The predicted octanol–water partition coefficient (Wildman–Crippen LogP) is 1.14. The molecule has 0 amide bonds. The third-order valence-electron chi connectivity index (χ3n) is 3.58. The van der Waals surface area contributed by atoms with Crippen molar-refractivity contribution in [3.05, 3.63) is 33.9 Å². The quantitative estimate of drug-likeness (QED) is 0.642. The maximum absolute atomic E-state index is 11.3. The number of ether oxygens (including phenoxy) is 2. The van der Waals surface area contributed by atoms with Crippen molar-refractivity contribution in [2.45, 2.75) is 12.2 Å². The van der Waals surface area contributed by atoms with Crippen LogP contribution < -0.4 is 4.90 Å². The summed E-state index contributed by atoms with van der Waals surface area (Å²) in [4.78, 5) is 23.6. The van der Waals surface area contributed by atoms with E-state index in [4.69, 9.17) is 9.47 Å². The number of nitro groups is 1. The van der Waals surface area contributed by atoms with Gasteiger partial charge in [0.15, 0.2) is 0 Å². The van der Waals surface area contributed by atoms with Gasteiger partial charge in [-0.1, -0.05) is 6.07 Å². The maximum atomic E-state index is 11.3. The Morgan fingerprint density at radius 2 is 1.90 bits per heavy atom. The summed E-state index contributed by atoms with van der Waals surface area (Å²) in [5.74, 6) is -1.21. The highest BCUT2D eigenvalue weighted by molar-refractivity contribution is 5.97. The Kier molecular flexibility index (Phi) is 4.39. The van der Waals surface area contributed by atoms with Crippen LogP contribution in [-0.2, 0) is 9.47 Å². The summed E-state index contributed by atoms with van der Waals surface area (Å²) >= 11 is 0. The third kappa shape index (κ3) is 2.81. The summed E-state index contributed by atoms with van der Waals surface area (Å²) in [7, 11) is 3.05. The van der Waals surface area contributed by atoms with Gasteiger partial charge in [0.25, 0.3) is 5.69 Å². The first-order chi connectivity index (χ1) is 9.99. The molecule has 21 heavy (non-hydrogen) atoms. The molecule has 114 valence electrons. The highest BCUT2D eigenvalue weighted by Gasteiger charge is 2.37. The monoisotopic (exact) mass is 296 g/mol. The summed E-state index contributed by atoms with van der Waals surface area (Å²) in [5, 5.41) is 20.4. The molecule has 2 unspecified atom stereocenters. The fraction of sp³-hybridized carbons (Fsp3) is 0.462. The lowest BCUT2D eigenvalue weighted by molar-refractivity contribution is -0.384. The Bertz CT molecular complexity index is 517. The summed E-state index contributed by atoms with van der Waals surface area (Å²) in [6.07, 6.45) is -0.534. The normalized spacial score (nSPS) is 21.5. The molecule has 1 aliphatic heterocycles. The minimum absolute atomic E-state index is 0.0941. The number of carboxylic acids is 1. The lowest BCUT2D eigenvalue weighted by Gasteiger charge is -2.19. The molecule has 2 atom stereocenters. The van der Waals surface area contributed by atoms with Gasteiger partial charge in [0, 0.05) is 33.4 Å². The molecule has 0 aliphatic carbocycles. The van der Waals surface area contributed by atoms with Crippen LogP contribution in [0.2, 0.25) is 0 Å². The number of carbonyl (C=O) groups is 1. The zero-order valence-corrected chi connectivity index (χ0v) is 11.7. The van der Waals surface area contributed by atoms with Crippen molar-refractivity contribution in [2.75, 3.05) is 32.2 Å². The molecule has 0 spiro atoms. The molecule has 1 heterocycles. The fourth-order valence-electron chi connectivity index (χ4n) is 2.56. The number of aromatic carboxylic acids is 1. The van der Waals surface area contributed by atoms with Gasteiger partial charge >= 0.3 is 5.97 Å². The molecule has 0 aromatic heterocycles. The van der Waals surface area contributed by atoms with Crippen LogP contribution >= 0.6 is 0 Å². The number of benzene rings is 1. The van der Waals surface area contributed by atoms with Gasteiger partial charge in [-0.15, -0.1) is 0 Å². The van der Waals surface area contributed by atoms with E-state index < -0.39 is 10.9 Å². The highest BCUT2D eigenvalue weighted by Crippen LogP contribution is 2.35. The van der Waals surface area contributed by atoms with Crippen molar-refractivity contribution in [3.8, 4) is 0 Å². The second kappa shape index (κ2) is 6.06. The van der Waals surface area contributed by atoms with Crippen LogP contribution in [0.15, 0.2) is 18.2 Å². The number of nitro benzene ring substituents is 1. The van der Waals surface area contributed by atoms with E-state index in [0.717, 1.165) is 0 Å². The average molecular weight is 296 g/mol. The number of hydrogen-bond acceptors (Lipinski definition) is 6. The molecule has 8 heteroatoms. The topological polar surface area (TPSA) is 102 Å². The fourth-order valence-corrected chi connectivity index (χ4v) is 2.56. The van der Waals surface area contributed by atoms with Gasteiger partial charge in [-0.05, 0) is 6.07 Å². The molecular weight excluding hydrogens is 280 g/mol. The third-order valence-corrected chi connectivity index (χ3v) is 3.58. The van der Waals surface area contributed by atoms with Crippen LogP contribution in [0.25, 0.3) is 0 Å². The molecule has 0 bridgehead atoms. The number of hydrogen-bond donors (Lipinski definition) is 1. The van der Waals surface area contributed by atoms with Gasteiger partial charge in [-0.25, -0.2) is 4.79 Å². The summed E-state index contributed by atoms with van der Waals surface area (Å²) in [6.45, 7) is 0.667. The molecule has 1 aromatic carbocycles. The summed E-state index contributed by atoms with van der Waals surface area (Å²) in [6, 6.07) is 4.01. The van der Waals surface area contributed by atoms with Crippen molar-refractivity contribution in [1.29, 1.82) is 0 Å². The van der Waals surface area contributed by atoms with E-state index in [2.05, 4.69) is 0 Å². The highest BCUT2D eigenvalue weighted by atomic mass is 16.6. The number of carboxylic acid groups (broad SMARTS) is 1. The van der Waals surface area contributed by atoms with Crippen LogP contribution in [0.4, 0.5) is 11.4 Å². The molecule has 1 aliphatic rings. The molecule has 8 nitrogen and oxygen atoms in total. The largest absolute Gasteiger partial charge is 0.478 e. The predicted molar refractivity (Wildman–Crippen MR) is 73.9 cm³/mol. The van der Waals surface area contributed by atoms with Crippen LogP contribution in [0.1, 0.15) is 10.4 Å². The zero-order valence-electron chi connectivity index (χ0n) is 11.7. The molecule has 1 N–H and O–H groups in total. The van der Waals surface area contributed by atoms with Crippen molar-refractivity contribution in [3.63, 3.8) is 0 Å². The molecule has 1 fully saturated rings. The first-order valence-electron chi connectivity index (χ1n) is 6.30. The number of nitrogens with zero attached hydrogens (tertiary/aromatic N) is 2. The Hall–Kier alpha value is -2.19. The van der Waals surface area contributed by atoms with E-state index in [9.17, 15) is 20.0 Å². The summed E-state index contributed by atoms with van der Waals surface area (Å²) in [5.41, 5.74) is -0.242. The van der Waals surface area contributed by atoms with E-state index in [0.29, 0.717) is 13.1 Å². The van der Waals surface area contributed by atoms with Gasteiger partial charge in [0.1, 0.15) is 17.9 Å². The number of para-hydroxylation sites is 1. The van der Waals surface area contributed by atoms with Gasteiger partial charge in [-0.2, -0.15) is 0 Å². The van der Waals surface area contributed by atoms with Crippen molar-refractivity contribution in [1.82, 2.24) is 0 Å². The smallest absolute Gasteiger partial charge is 0.338 e. The van der Waals surface area contributed by atoms with Gasteiger partial charge in [-0.3, -0.25) is 10.1 Å². The van der Waals surface area contributed by atoms with Crippen LogP contribution in [0.5, 0.6) is 0 Å². The van der Waals surface area contributed by atoms with Gasteiger partial charge < -0.3 is 19.5 Å². The first-order valence-corrected chi connectivity index (χ1v) is 6.30. The summed E-state index contributed by atoms with van der Waals surface area (Å²) < 4.78 is 10.6. The van der Waals surface area contributed by atoms with E-state index in [1.807, 2.05) is 0 Å². The van der Waals surface area contributed by atoms with Gasteiger partial charge in [0.2, 0.25) is 0 Å². The Morgan fingerprint density at radius 3 is 2.33 bits per heavy atom. The van der Waals surface area contributed by atoms with E-state index in [-0.39, 0.29) is 29.1 Å². The molecule has 2 rings (SSSR count). The second-order valence-corrected chi connectivity index (χ2v) is 4.69. The van der Waals surface area contributed by atoms with Crippen molar-refractivity contribution >= 4 is 17.3 Å². The molecule has 0 saturated carbocycles. The minimum Gasteiger partial charge on any atom is -0.478 e. The van der Waals surface area contributed by atoms with E-state index in [1.165, 1.54) is 32.4 Å². The Balaban J connectivity index is 2.47. The van der Waals surface area contributed by atoms with Crippen molar-refractivity contribution < 1.29 is 24.3 Å². The Labute approximate surface area is 121 Å². The zero-order chi connectivity index (χ0) is 15.6. The standard InChI is InChI=1S/C13H16N2O6/c1-20-10-6-14(7-11(10)21-2)12-8(13(16)17)4-3-5-9(12)15(18)19/h3-5,10-11H,6-7H2,1-2H3,(H,16,17). The lowest BCUT2D eigenvalue weighted by atomic mass is 10.1. The molecule has 0 radical (unpaired) electrons. The first kappa shape index (κ1) is 15.2.